The number of methoxy groups -OCH3 is 1. The Morgan fingerprint density at radius 3 is 2.24 bits per heavy atom. The van der Waals surface area contributed by atoms with E-state index in [0.29, 0.717) is 0 Å². The SMILES string of the molecule is COc1ccc(OCCCCCC[NH+]2CCCCC2)cc1. The Bertz CT molecular complexity index is 371. The zero-order valence-electron chi connectivity index (χ0n) is 13.4. The number of nitrogens with one attached hydrogen (secondary N) is 1. The van der Waals surface area contributed by atoms with Gasteiger partial charge >= 0.3 is 0 Å². The highest BCUT2D eigenvalue weighted by molar-refractivity contribution is 5.31. The van der Waals surface area contributed by atoms with Crippen LogP contribution in [0.2, 0.25) is 0 Å². The Hall–Kier alpha value is -1.22. The van der Waals surface area contributed by atoms with Crippen LogP contribution in [0.3, 0.4) is 0 Å². The molecule has 0 atom stereocenters. The van der Waals surface area contributed by atoms with Crippen LogP contribution in [0.25, 0.3) is 0 Å². The Kier molecular flexibility index (Phi) is 7.44. The van der Waals surface area contributed by atoms with Gasteiger partial charge in [-0.05, 0) is 69.2 Å². The Balaban J connectivity index is 1.46. The number of unbranched alkanes of at least 4 members (excludes halogenated alkanes) is 3. The van der Waals surface area contributed by atoms with E-state index < -0.39 is 0 Å². The predicted octanol–water partition coefficient (Wildman–Crippen LogP) is 2.70. The van der Waals surface area contributed by atoms with Crippen molar-refractivity contribution in [1.82, 2.24) is 0 Å². The molecule has 0 unspecified atom stereocenters. The number of hydrogen-bond donors (Lipinski definition) is 1. The quantitative estimate of drug-likeness (QED) is 0.707. The van der Waals surface area contributed by atoms with E-state index >= 15 is 0 Å². The molecule has 21 heavy (non-hydrogen) atoms. The third kappa shape index (κ3) is 6.38. The van der Waals surface area contributed by atoms with Gasteiger partial charge < -0.3 is 14.4 Å². The summed E-state index contributed by atoms with van der Waals surface area (Å²) in [6.45, 7) is 5.00. The third-order valence-electron chi connectivity index (χ3n) is 4.31. The van der Waals surface area contributed by atoms with Crippen LogP contribution in [-0.4, -0.2) is 33.4 Å². The number of benzene rings is 1. The molecule has 0 bridgehead atoms. The average molecular weight is 292 g/mol. The lowest BCUT2D eigenvalue weighted by molar-refractivity contribution is -0.905. The Labute approximate surface area is 129 Å². The Morgan fingerprint density at radius 1 is 0.857 bits per heavy atom. The molecule has 0 saturated carbocycles. The van der Waals surface area contributed by atoms with E-state index in [9.17, 15) is 0 Å². The molecule has 2 rings (SSSR count). The monoisotopic (exact) mass is 292 g/mol. The van der Waals surface area contributed by atoms with Gasteiger partial charge in [0.2, 0.25) is 0 Å². The van der Waals surface area contributed by atoms with Crippen molar-refractivity contribution in [2.45, 2.75) is 44.9 Å². The van der Waals surface area contributed by atoms with Crippen molar-refractivity contribution < 1.29 is 14.4 Å². The van der Waals surface area contributed by atoms with Gasteiger partial charge in [-0.25, -0.2) is 0 Å². The molecule has 1 aromatic carbocycles. The van der Waals surface area contributed by atoms with Crippen molar-refractivity contribution in [2.75, 3.05) is 33.4 Å². The summed E-state index contributed by atoms with van der Waals surface area (Å²) in [5, 5.41) is 0. The number of likely N-dealkylation sites (tertiary alicyclic amines) is 1. The van der Waals surface area contributed by atoms with Crippen molar-refractivity contribution >= 4 is 0 Å². The summed E-state index contributed by atoms with van der Waals surface area (Å²) in [7, 11) is 1.68. The van der Waals surface area contributed by atoms with E-state index in [2.05, 4.69) is 0 Å². The molecule has 0 aromatic heterocycles. The summed E-state index contributed by atoms with van der Waals surface area (Å²) >= 11 is 0. The Morgan fingerprint density at radius 2 is 1.52 bits per heavy atom. The molecular formula is C18H30NO2+. The first-order chi connectivity index (χ1) is 10.4. The summed E-state index contributed by atoms with van der Waals surface area (Å²) in [5.74, 6) is 1.82. The number of ether oxygens (including phenoxy) is 2. The van der Waals surface area contributed by atoms with Gasteiger partial charge in [-0.15, -0.1) is 0 Å². The molecule has 3 nitrogen and oxygen atoms in total. The fourth-order valence-corrected chi connectivity index (χ4v) is 2.99. The summed E-state index contributed by atoms with van der Waals surface area (Å²) in [5.41, 5.74) is 0. The highest BCUT2D eigenvalue weighted by Gasteiger charge is 2.12. The first kappa shape index (κ1) is 16.2. The molecule has 1 N–H and O–H groups in total. The second-order valence-electron chi connectivity index (χ2n) is 6.00. The molecule has 1 aliphatic heterocycles. The van der Waals surface area contributed by atoms with Gasteiger partial charge in [0.25, 0.3) is 0 Å². The van der Waals surface area contributed by atoms with Gasteiger partial charge in [0, 0.05) is 0 Å². The number of quaternary nitrogens is 1. The van der Waals surface area contributed by atoms with Crippen molar-refractivity contribution in [3.8, 4) is 11.5 Å². The first-order valence-electron chi connectivity index (χ1n) is 8.49. The van der Waals surface area contributed by atoms with Crippen molar-refractivity contribution in [3.05, 3.63) is 24.3 Å². The van der Waals surface area contributed by atoms with Gasteiger partial charge in [-0.3, -0.25) is 0 Å². The maximum absolute atomic E-state index is 5.74. The van der Waals surface area contributed by atoms with Crippen LogP contribution in [0.4, 0.5) is 0 Å². The van der Waals surface area contributed by atoms with E-state index in [1.54, 1.807) is 7.11 Å². The van der Waals surface area contributed by atoms with Gasteiger partial charge in [0.05, 0.1) is 33.4 Å². The number of piperidine rings is 1. The molecule has 1 heterocycles. The normalized spacial score (nSPS) is 15.9. The van der Waals surface area contributed by atoms with Crippen LogP contribution in [0.15, 0.2) is 24.3 Å². The highest BCUT2D eigenvalue weighted by Crippen LogP contribution is 2.17. The predicted molar refractivity (Wildman–Crippen MR) is 86.4 cm³/mol. The van der Waals surface area contributed by atoms with Crippen molar-refractivity contribution in [2.24, 2.45) is 0 Å². The smallest absolute Gasteiger partial charge is 0.119 e. The lowest BCUT2D eigenvalue weighted by Gasteiger charge is -2.23. The molecule has 1 aromatic rings. The minimum atomic E-state index is 0.822. The molecule has 1 fully saturated rings. The second-order valence-corrected chi connectivity index (χ2v) is 6.00. The standard InChI is InChI=1S/C18H29NO2/c1-20-17-9-11-18(12-10-17)21-16-8-3-2-5-13-19-14-6-4-7-15-19/h9-12H,2-8,13-16H2,1H3/p+1. The van der Waals surface area contributed by atoms with E-state index in [4.69, 9.17) is 9.47 Å². The molecule has 0 spiro atoms. The van der Waals surface area contributed by atoms with Crippen LogP contribution in [0.1, 0.15) is 44.9 Å². The molecule has 118 valence electrons. The van der Waals surface area contributed by atoms with Crippen LogP contribution >= 0.6 is 0 Å². The summed E-state index contributed by atoms with van der Waals surface area (Å²) < 4.78 is 10.9. The minimum absolute atomic E-state index is 0.822. The van der Waals surface area contributed by atoms with Gasteiger partial charge in [0.15, 0.2) is 0 Å². The van der Waals surface area contributed by atoms with Crippen LogP contribution in [0.5, 0.6) is 11.5 Å². The maximum Gasteiger partial charge on any atom is 0.119 e. The summed E-state index contributed by atoms with van der Waals surface area (Å²) in [4.78, 5) is 1.83. The largest absolute Gasteiger partial charge is 0.497 e. The molecular weight excluding hydrogens is 262 g/mol. The van der Waals surface area contributed by atoms with Crippen LogP contribution in [0, 0.1) is 0 Å². The van der Waals surface area contributed by atoms with Gasteiger partial charge in [-0.2, -0.15) is 0 Å². The van der Waals surface area contributed by atoms with Gasteiger partial charge in [0.1, 0.15) is 11.5 Å². The molecule has 0 amide bonds. The van der Waals surface area contributed by atoms with E-state index in [1.807, 2.05) is 29.2 Å². The van der Waals surface area contributed by atoms with Crippen LogP contribution in [-0.2, 0) is 0 Å². The molecule has 1 saturated heterocycles. The van der Waals surface area contributed by atoms with Gasteiger partial charge in [-0.1, -0.05) is 0 Å². The lowest BCUT2D eigenvalue weighted by Crippen LogP contribution is -3.12. The summed E-state index contributed by atoms with van der Waals surface area (Å²) in [6, 6.07) is 7.82. The fraction of sp³-hybridized carbons (Fsp3) is 0.667. The second kappa shape index (κ2) is 9.67. The van der Waals surface area contributed by atoms with Crippen molar-refractivity contribution in [1.29, 1.82) is 0 Å². The molecule has 3 heteroatoms. The average Bonchev–Trinajstić information content (AvgIpc) is 2.55. The zero-order valence-corrected chi connectivity index (χ0v) is 13.4. The first-order valence-corrected chi connectivity index (χ1v) is 8.49. The maximum atomic E-state index is 5.74. The third-order valence-corrected chi connectivity index (χ3v) is 4.31. The number of hydrogen-bond acceptors (Lipinski definition) is 2. The molecule has 1 aliphatic rings. The van der Waals surface area contributed by atoms with Crippen molar-refractivity contribution in [3.63, 3.8) is 0 Å². The molecule has 0 radical (unpaired) electrons. The fourth-order valence-electron chi connectivity index (χ4n) is 2.99. The lowest BCUT2D eigenvalue weighted by atomic mass is 10.1. The minimum Gasteiger partial charge on any atom is -0.497 e. The molecule has 0 aliphatic carbocycles. The van der Waals surface area contributed by atoms with Crippen LogP contribution < -0.4 is 14.4 Å². The topological polar surface area (TPSA) is 22.9 Å². The zero-order chi connectivity index (χ0) is 14.8. The van der Waals surface area contributed by atoms with E-state index in [0.717, 1.165) is 24.5 Å². The highest BCUT2D eigenvalue weighted by atomic mass is 16.5. The van der Waals surface area contributed by atoms with E-state index in [-0.39, 0.29) is 0 Å². The number of rotatable bonds is 9. The summed E-state index contributed by atoms with van der Waals surface area (Å²) in [6.07, 6.45) is 9.47. The van der Waals surface area contributed by atoms with E-state index in [1.165, 1.54) is 58.2 Å².